The maximum atomic E-state index is 12.2. The average molecular weight is 425 g/mol. The van der Waals surface area contributed by atoms with Crippen LogP contribution in [0.5, 0.6) is 23.0 Å². The summed E-state index contributed by atoms with van der Waals surface area (Å²) in [4.78, 5) is 24.2. The summed E-state index contributed by atoms with van der Waals surface area (Å²) < 4.78 is 20.9. The molecule has 2 rings (SSSR count). The van der Waals surface area contributed by atoms with Gasteiger partial charge in [-0.1, -0.05) is 5.92 Å². The molecule has 0 spiro atoms. The van der Waals surface area contributed by atoms with Gasteiger partial charge in [-0.2, -0.15) is 5.10 Å². The second-order valence-electron chi connectivity index (χ2n) is 5.95. The number of hydrazone groups is 1. The maximum Gasteiger partial charge on any atom is 0.259 e. The van der Waals surface area contributed by atoms with Crippen molar-refractivity contribution in [2.45, 2.75) is 0 Å². The summed E-state index contributed by atoms with van der Waals surface area (Å²) in [5.41, 5.74) is 3.33. The van der Waals surface area contributed by atoms with Gasteiger partial charge in [0.05, 0.1) is 34.1 Å². The van der Waals surface area contributed by atoms with Gasteiger partial charge in [-0.05, 0) is 42.0 Å². The summed E-state index contributed by atoms with van der Waals surface area (Å²) in [5, 5.41) is 6.38. The number of hydrogen-bond donors (Lipinski definition) is 2. The summed E-state index contributed by atoms with van der Waals surface area (Å²) in [6.07, 6.45) is 6.61. The number of hydrogen-bond acceptors (Lipinski definition) is 7. The highest BCUT2D eigenvalue weighted by Gasteiger charge is 2.12. The van der Waals surface area contributed by atoms with Crippen LogP contribution < -0.4 is 29.7 Å². The van der Waals surface area contributed by atoms with Crippen molar-refractivity contribution in [1.82, 2.24) is 10.7 Å². The van der Waals surface area contributed by atoms with Crippen molar-refractivity contribution in [3.8, 4) is 35.3 Å². The molecule has 0 unspecified atom stereocenters. The van der Waals surface area contributed by atoms with E-state index >= 15 is 0 Å². The van der Waals surface area contributed by atoms with Gasteiger partial charge in [0.1, 0.15) is 6.61 Å². The van der Waals surface area contributed by atoms with Gasteiger partial charge in [-0.25, -0.2) is 5.43 Å². The lowest BCUT2D eigenvalue weighted by Crippen LogP contribution is -2.34. The molecule has 0 bridgehead atoms. The lowest BCUT2D eigenvalue weighted by Gasteiger charge is -2.10. The van der Waals surface area contributed by atoms with E-state index in [-0.39, 0.29) is 13.2 Å². The smallest absolute Gasteiger partial charge is 0.259 e. The Bertz CT molecular complexity index is 997. The molecule has 2 aromatic carbocycles. The Balaban J connectivity index is 1.88. The molecule has 0 aliphatic carbocycles. The van der Waals surface area contributed by atoms with Crippen molar-refractivity contribution in [3.05, 3.63) is 47.5 Å². The van der Waals surface area contributed by atoms with Gasteiger partial charge >= 0.3 is 0 Å². The van der Waals surface area contributed by atoms with Gasteiger partial charge in [-0.3, -0.25) is 9.59 Å². The fourth-order valence-electron chi connectivity index (χ4n) is 2.46. The molecule has 0 fully saturated rings. The molecule has 2 aromatic rings. The van der Waals surface area contributed by atoms with E-state index < -0.39 is 11.8 Å². The standard InChI is InChI=1S/C22H23N3O6/c1-5-10-31-18-8-6-15(11-19(18)29-3)13-24-25-21(26)14-23-22(27)16-7-9-17(28-2)20(12-16)30-4/h1,6-9,11-13H,10,14H2,2-4H3,(H,23,27)(H,25,26)/b24-13+. The molecular weight excluding hydrogens is 402 g/mol. The van der Waals surface area contributed by atoms with Gasteiger partial charge < -0.3 is 24.3 Å². The van der Waals surface area contributed by atoms with Crippen LogP contribution in [0.3, 0.4) is 0 Å². The summed E-state index contributed by atoms with van der Waals surface area (Å²) in [6.45, 7) is -0.137. The molecule has 9 heteroatoms. The molecule has 0 radical (unpaired) electrons. The second kappa shape index (κ2) is 11.7. The lowest BCUT2D eigenvalue weighted by atomic mass is 10.2. The first kappa shape index (κ1) is 23.1. The highest BCUT2D eigenvalue weighted by molar-refractivity contribution is 5.97. The fourth-order valence-corrected chi connectivity index (χ4v) is 2.46. The monoisotopic (exact) mass is 425 g/mol. The molecule has 31 heavy (non-hydrogen) atoms. The summed E-state index contributed by atoms with van der Waals surface area (Å²) >= 11 is 0. The molecule has 0 saturated carbocycles. The first-order chi connectivity index (χ1) is 15.0. The number of ether oxygens (including phenoxy) is 4. The van der Waals surface area contributed by atoms with Crippen molar-refractivity contribution in [1.29, 1.82) is 0 Å². The van der Waals surface area contributed by atoms with E-state index in [9.17, 15) is 9.59 Å². The molecule has 0 saturated heterocycles. The van der Waals surface area contributed by atoms with Crippen molar-refractivity contribution in [2.24, 2.45) is 5.10 Å². The topological polar surface area (TPSA) is 107 Å². The third kappa shape index (κ3) is 6.68. The third-order valence-electron chi connectivity index (χ3n) is 3.96. The van der Waals surface area contributed by atoms with Crippen LogP contribution in [-0.2, 0) is 4.79 Å². The van der Waals surface area contributed by atoms with Crippen molar-refractivity contribution < 1.29 is 28.5 Å². The number of carbonyl (C=O) groups excluding carboxylic acids is 2. The zero-order chi connectivity index (χ0) is 22.6. The molecule has 0 atom stereocenters. The molecule has 0 aromatic heterocycles. The minimum Gasteiger partial charge on any atom is -0.493 e. The number of methoxy groups -OCH3 is 3. The SMILES string of the molecule is C#CCOc1ccc(/C=N/NC(=O)CNC(=O)c2ccc(OC)c(OC)c2)cc1OC. The minimum atomic E-state index is -0.494. The Kier molecular flexibility index (Phi) is 8.73. The Morgan fingerprint density at radius 2 is 1.68 bits per heavy atom. The molecule has 162 valence electrons. The second-order valence-corrected chi connectivity index (χ2v) is 5.95. The molecule has 2 amide bonds. The molecule has 0 aliphatic rings. The fraction of sp³-hybridized carbons (Fsp3) is 0.227. The van der Waals surface area contributed by atoms with Crippen LogP contribution in [0.25, 0.3) is 0 Å². The first-order valence-electron chi connectivity index (χ1n) is 9.08. The zero-order valence-electron chi connectivity index (χ0n) is 17.4. The van der Waals surface area contributed by atoms with E-state index in [0.29, 0.717) is 34.1 Å². The van der Waals surface area contributed by atoms with Crippen molar-refractivity contribution in [3.63, 3.8) is 0 Å². The van der Waals surface area contributed by atoms with E-state index in [1.54, 1.807) is 30.3 Å². The van der Waals surface area contributed by atoms with Gasteiger partial charge in [-0.15, -0.1) is 6.42 Å². The number of carbonyl (C=O) groups is 2. The van der Waals surface area contributed by atoms with Gasteiger partial charge in [0.15, 0.2) is 23.0 Å². The minimum absolute atomic E-state index is 0.120. The molecule has 2 N–H and O–H groups in total. The zero-order valence-corrected chi connectivity index (χ0v) is 17.4. The van der Waals surface area contributed by atoms with E-state index in [1.807, 2.05) is 0 Å². The van der Waals surface area contributed by atoms with Crippen molar-refractivity contribution >= 4 is 18.0 Å². The number of benzene rings is 2. The van der Waals surface area contributed by atoms with Crippen LogP contribution in [-0.4, -0.2) is 52.5 Å². The normalized spacial score (nSPS) is 10.1. The van der Waals surface area contributed by atoms with Gasteiger partial charge in [0.2, 0.25) is 0 Å². The van der Waals surface area contributed by atoms with Gasteiger partial charge in [0.25, 0.3) is 11.8 Å². The summed E-state index contributed by atoms with van der Waals surface area (Å²) in [6, 6.07) is 9.78. The van der Waals surface area contributed by atoms with Crippen LogP contribution in [0.1, 0.15) is 15.9 Å². The summed E-state index contributed by atoms with van der Waals surface area (Å²) in [5.74, 6) is 3.33. The number of rotatable bonds is 10. The maximum absolute atomic E-state index is 12.2. The Morgan fingerprint density at radius 1 is 1.00 bits per heavy atom. The highest BCUT2D eigenvalue weighted by Crippen LogP contribution is 2.28. The number of amides is 2. The Morgan fingerprint density at radius 3 is 2.35 bits per heavy atom. The van der Waals surface area contributed by atoms with E-state index in [0.717, 1.165) is 0 Å². The average Bonchev–Trinajstić information content (AvgIpc) is 2.80. The third-order valence-corrected chi connectivity index (χ3v) is 3.96. The van der Waals surface area contributed by atoms with Gasteiger partial charge in [0, 0.05) is 5.56 Å². The van der Waals surface area contributed by atoms with Crippen LogP contribution in [0.2, 0.25) is 0 Å². The largest absolute Gasteiger partial charge is 0.493 e. The Labute approximate surface area is 180 Å². The lowest BCUT2D eigenvalue weighted by molar-refractivity contribution is -0.120. The quantitative estimate of drug-likeness (QED) is 0.340. The van der Waals surface area contributed by atoms with Crippen LogP contribution in [0, 0.1) is 12.3 Å². The predicted octanol–water partition coefficient (Wildman–Crippen LogP) is 1.60. The highest BCUT2D eigenvalue weighted by atomic mass is 16.5. The van der Waals surface area contributed by atoms with Crippen LogP contribution in [0.15, 0.2) is 41.5 Å². The Hall–Kier alpha value is -4.19. The first-order valence-corrected chi connectivity index (χ1v) is 9.08. The predicted molar refractivity (Wildman–Crippen MR) is 115 cm³/mol. The van der Waals surface area contributed by atoms with Crippen LogP contribution >= 0.6 is 0 Å². The van der Waals surface area contributed by atoms with Crippen LogP contribution in [0.4, 0.5) is 0 Å². The van der Waals surface area contributed by atoms with Crippen molar-refractivity contribution in [2.75, 3.05) is 34.5 Å². The van der Waals surface area contributed by atoms with E-state index in [1.165, 1.54) is 33.6 Å². The number of terminal acetylenes is 1. The number of nitrogens with one attached hydrogen (secondary N) is 2. The molecule has 0 heterocycles. The number of nitrogens with zero attached hydrogens (tertiary/aromatic N) is 1. The molecule has 9 nitrogen and oxygen atoms in total. The summed E-state index contributed by atoms with van der Waals surface area (Å²) in [7, 11) is 4.47. The van der Waals surface area contributed by atoms with E-state index in [4.69, 9.17) is 25.4 Å². The van der Waals surface area contributed by atoms with E-state index in [2.05, 4.69) is 21.8 Å². The molecule has 0 aliphatic heterocycles. The molecular formula is C22H23N3O6.